The molecule has 5 nitrogen and oxygen atoms in total. The molecule has 0 unspecified atom stereocenters. The zero-order valence-electron chi connectivity index (χ0n) is 15.1. The van der Waals surface area contributed by atoms with Gasteiger partial charge in [-0.1, -0.05) is 18.2 Å². The van der Waals surface area contributed by atoms with Crippen molar-refractivity contribution < 1.29 is 9.53 Å². The van der Waals surface area contributed by atoms with Crippen LogP contribution in [-0.2, 0) is 11.2 Å². The monoisotopic (exact) mass is 367 g/mol. The SMILES string of the molecule is Cc1ccsc1CCC(=O)Nc1c(C)nc(Oc2ccccc2)nc1C. The quantitative estimate of drug-likeness (QED) is 0.678. The number of hydrogen-bond acceptors (Lipinski definition) is 5. The van der Waals surface area contributed by atoms with E-state index in [-0.39, 0.29) is 11.9 Å². The molecule has 0 saturated carbocycles. The molecule has 1 aromatic carbocycles. The van der Waals surface area contributed by atoms with Crippen molar-refractivity contribution in [2.75, 3.05) is 5.32 Å². The zero-order chi connectivity index (χ0) is 18.5. The standard InChI is InChI=1S/C20H21N3O2S/c1-13-11-12-26-17(13)9-10-18(24)23-19-14(2)21-20(22-15(19)3)25-16-7-5-4-6-8-16/h4-8,11-12H,9-10H2,1-3H3,(H,23,24). The Labute approximate surface area is 157 Å². The number of thiophene rings is 1. The van der Waals surface area contributed by atoms with Gasteiger partial charge in [0.25, 0.3) is 0 Å². The van der Waals surface area contributed by atoms with Crippen LogP contribution in [0.2, 0.25) is 0 Å². The van der Waals surface area contributed by atoms with Crippen LogP contribution in [0.5, 0.6) is 11.8 Å². The molecule has 0 spiro atoms. The number of anilines is 1. The highest BCUT2D eigenvalue weighted by molar-refractivity contribution is 7.10. The lowest BCUT2D eigenvalue weighted by Gasteiger charge is -2.12. The van der Waals surface area contributed by atoms with E-state index in [1.54, 1.807) is 11.3 Å². The molecule has 134 valence electrons. The molecule has 0 aliphatic carbocycles. The number of aryl methyl sites for hydroxylation is 4. The van der Waals surface area contributed by atoms with E-state index in [1.165, 1.54) is 10.4 Å². The summed E-state index contributed by atoms with van der Waals surface area (Å²) in [5.41, 5.74) is 3.26. The molecule has 6 heteroatoms. The van der Waals surface area contributed by atoms with E-state index < -0.39 is 0 Å². The lowest BCUT2D eigenvalue weighted by molar-refractivity contribution is -0.116. The molecule has 3 rings (SSSR count). The van der Waals surface area contributed by atoms with Crippen molar-refractivity contribution in [1.82, 2.24) is 9.97 Å². The maximum atomic E-state index is 12.3. The van der Waals surface area contributed by atoms with Gasteiger partial charge in [-0.2, -0.15) is 9.97 Å². The Hall–Kier alpha value is -2.73. The van der Waals surface area contributed by atoms with Gasteiger partial charge in [0.05, 0.1) is 17.1 Å². The van der Waals surface area contributed by atoms with E-state index in [2.05, 4.69) is 33.7 Å². The Kier molecular flexibility index (Phi) is 5.63. The van der Waals surface area contributed by atoms with Crippen LogP contribution in [-0.4, -0.2) is 15.9 Å². The third kappa shape index (κ3) is 4.46. The van der Waals surface area contributed by atoms with Crippen molar-refractivity contribution in [3.05, 3.63) is 63.6 Å². The number of carbonyl (C=O) groups is 1. The number of aromatic nitrogens is 2. The topological polar surface area (TPSA) is 64.1 Å². The first-order chi connectivity index (χ1) is 12.5. The van der Waals surface area contributed by atoms with Gasteiger partial charge < -0.3 is 10.1 Å². The lowest BCUT2D eigenvalue weighted by atomic mass is 10.2. The van der Waals surface area contributed by atoms with Gasteiger partial charge in [-0.05, 0) is 56.3 Å². The van der Waals surface area contributed by atoms with E-state index in [0.717, 1.165) is 6.42 Å². The number of ether oxygens (including phenoxy) is 1. The summed E-state index contributed by atoms with van der Waals surface area (Å²) in [6.07, 6.45) is 1.17. The maximum Gasteiger partial charge on any atom is 0.322 e. The van der Waals surface area contributed by atoms with Crippen LogP contribution >= 0.6 is 11.3 Å². The summed E-state index contributed by atoms with van der Waals surface area (Å²) in [7, 11) is 0. The largest absolute Gasteiger partial charge is 0.424 e. The molecule has 1 amide bonds. The van der Waals surface area contributed by atoms with Gasteiger partial charge in [-0.15, -0.1) is 11.3 Å². The maximum absolute atomic E-state index is 12.3. The molecule has 0 atom stereocenters. The minimum atomic E-state index is -0.0377. The summed E-state index contributed by atoms with van der Waals surface area (Å²) in [5.74, 6) is 0.638. The molecule has 0 fully saturated rings. The highest BCUT2D eigenvalue weighted by Gasteiger charge is 2.13. The van der Waals surface area contributed by atoms with Crippen molar-refractivity contribution in [2.45, 2.75) is 33.6 Å². The van der Waals surface area contributed by atoms with Gasteiger partial charge in [-0.3, -0.25) is 4.79 Å². The average molecular weight is 367 g/mol. The van der Waals surface area contributed by atoms with Crippen LogP contribution in [0, 0.1) is 20.8 Å². The Bertz CT molecular complexity index is 883. The van der Waals surface area contributed by atoms with E-state index in [4.69, 9.17) is 4.74 Å². The van der Waals surface area contributed by atoms with Gasteiger partial charge in [0.15, 0.2) is 0 Å². The van der Waals surface area contributed by atoms with E-state index in [0.29, 0.717) is 29.2 Å². The third-order valence-electron chi connectivity index (χ3n) is 4.01. The zero-order valence-corrected chi connectivity index (χ0v) is 15.9. The molecule has 0 aliphatic heterocycles. The summed E-state index contributed by atoms with van der Waals surface area (Å²) in [5, 5.41) is 4.99. The Balaban J connectivity index is 1.66. The molecule has 2 aromatic heterocycles. The van der Waals surface area contributed by atoms with Crippen molar-refractivity contribution >= 4 is 22.9 Å². The third-order valence-corrected chi connectivity index (χ3v) is 5.10. The van der Waals surface area contributed by atoms with Crippen LogP contribution in [0.25, 0.3) is 0 Å². The molecule has 1 N–H and O–H groups in total. The highest BCUT2D eigenvalue weighted by Crippen LogP contribution is 2.24. The number of nitrogens with one attached hydrogen (secondary N) is 1. The van der Waals surface area contributed by atoms with Crippen molar-refractivity contribution in [1.29, 1.82) is 0 Å². The number of nitrogens with zero attached hydrogens (tertiary/aromatic N) is 2. The van der Waals surface area contributed by atoms with Crippen molar-refractivity contribution in [3.8, 4) is 11.8 Å². The molecule has 2 heterocycles. The molecule has 26 heavy (non-hydrogen) atoms. The first kappa shape index (κ1) is 18.1. The highest BCUT2D eigenvalue weighted by atomic mass is 32.1. The molecule has 0 bridgehead atoms. The fourth-order valence-corrected chi connectivity index (χ4v) is 3.51. The second kappa shape index (κ2) is 8.10. The second-order valence-corrected chi connectivity index (χ2v) is 7.04. The van der Waals surface area contributed by atoms with Crippen LogP contribution in [0.4, 0.5) is 5.69 Å². The van der Waals surface area contributed by atoms with E-state index >= 15 is 0 Å². The summed E-state index contributed by atoms with van der Waals surface area (Å²) in [6.45, 7) is 5.74. The minimum Gasteiger partial charge on any atom is -0.424 e. The normalized spacial score (nSPS) is 10.6. The van der Waals surface area contributed by atoms with Crippen LogP contribution in [0.1, 0.15) is 28.2 Å². The van der Waals surface area contributed by atoms with Gasteiger partial charge in [0, 0.05) is 11.3 Å². The van der Waals surface area contributed by atoms with Gasteiger partial charge in [0.1, 0.15) is 5.75 Å². The van der Waals surface area contributed by atoms with Crippen LogP contribution in [0.3, 0.4) is 0 Å². The summed E-state index contributed by atoms with van der Waals surface area (Å²) in [4.78, 5) is 22.3. The van der Waals surface area contributed by atoms with Crippen molar-refractivity contribution in [2.24, 2.45) is 0 Å². The molecule has 0 saturated heterocycles. The predicted molar refractivity (Wildman–Crippen MR) is 104 cm³/mol. The molecular formula is C20H21N3O2S. The average Bonchev–Trinajstić information content (AvgIpc) is 3.02. The number of benzene rings is 1. The predicted octanol–water partition coefficient (Wildman–Crippen LogP) is 4.83. The minimum absolute atomic E-state index is 0.0377. The molecular weight excluding hydrogens is 346 g/mol. The first-order valence-corrected chi connectivity index (χ1v) is 9.32. The number of rotatable bonds is 6. The van der Waals surface area contributed by atoms with Crippen LogP contribution in [0.15, 0.2) is 41.8 Å². The van der Waals surface area contributed by atoms with E-state index in [9.17, 15) is 4.79 Å². The Morgan fingerprint density at radius 3 is 2.38 bits per heavy atom. The molecule has 0 radical (unpaired) electrons. The Morgan fingerprint density at radius 1 is 1.08 bits per heavy atom. The Morgan fingerprint density at radius 2 is 1.77 bits per heavy atom. The number of carbonyl (C=O) groups excluding carboxylic acids is 1. The second-order valence-electron chi connectivity index (χ2n) is 6.04. The number of para-hydroxylation sites is 1. The van der Waals surface area contributed by atoms with Gasteiger partial charge in [0.2, 0.25) is 5.91 Å². The summed E-state index contributed by atoms with van der Waals surface area (Å²) < 4.78 is 5.68. The fraction of sp³-hybridized carbons (Fsp3) is 0.250. The van der Waals surface area contributed by atoms with Crippen molar-refractivity contribution in [3.63, 3.8) is 0 Å². The van der Waals surface area contributed by atoms with Crippen LogP contribution < -0.4 is 10.1 Å². The lowest BCUT2D eigenvalue weighted by Crippen LogP contribution is -2.15. The number of hydrogen-bond donors (Lipinski definition) is 1. The number of amides is 1. The molecule has 3 aromatic rings. The first-order valence-electron chi connectivity index (χ1n) is 8.44. The smallest absolute Gasteiger partial charge is 0.322 e. The van der Waals surface area contributed by atoms with Gasteiger partial charge >= 0.3 is 6.01 Å². The summed E-state index contributed by atoms with van der Waals surface area (Å²) in [6, 6.07) is 11.7. The fourth-order valence-electron chi connectivity index (χ4n) is 2.60. The summed E-state index contributed by atoms with van der Waals surface area (Å²) >= 11 is 1.69. The van der Waals surface area contributed by atoms with E-state index in [1.807, 2.05) is 44.2 Å². The molecule has 0 aliphatic rings. The van der Waals surface area contributed by atoms with Gasteiger partial charge in [-0.25, -0.2) is 0 Å².